The molecule has 1 aliphatic heterocycles. The Labute approximate surface area is 212 Å². The van der Waals surface area contributed by atoms with E-state index in [0.717, 1.165) is 4.90 Å². The summed E-state index contributed by atoms with van der Waals surface area (Å²) in [5.41, 5.74) is 0.252. The van der Waals surface area contributed by atoms with Crippen LogP contribution in [-0.2, 0) is 4.79 Å². The fourth-order valence-electron chi connectivity index (χ4n) is 3.89. The molecule has 4 aromatic rings. The van der Waals surface area contributed by atoms with E-state index in [1.807, 2.05) is 0 Å². The van der Waals surface area contributed by atoms with Crippen LogP contribution in [0.15, 0.2) is 61.2 Å². The van der Waals surface area contributed by atoms with Crippen molar-refractivity contribution in [2.45, 2.75) is 0 Å². The Morgan fingerprint density at radius 1 is 1.06 bits per heavy atom. The number of fused-ring (bicyclic) bond motifs is 2. The van der Waals surface area contributed by atoms with Crippen molar-refractivity contribution in [2.75, 3.05) is 20.8 Å². The minimum atomic E-state index is -0.680. The number of benzene rings is 2. The van der Waals surface area contributed by atoms with Crippen molar-refractivity contribution >= 4 is 68.3 Å². The summed E-state index contributed by atoms with van der Waals surface area (Å²) in [5, 5.41) is 0.517. The lowest BCUT2D eigenvalue weighted by Crippen LogP contribution is -2.33. The Kier molecular flexibility index (Phi) is 6.07. The first-order valence-corrected chi connectivity index (χ1v) is 11.6. The lowest BCUT2D eigenvalue weighted by molar-refractivity contribution is -0.122. The van der Waals surface area contributed by atoms with E-state index in [1.165, 1.54) is 44.8 Å². The first kappa shape index (κ1) is 23.7. The topological polar surface area (TPSA) is 116 Å². The molecule has 1 fully saturated rings. The van der Waals surface area contributed by atoms with Crippen LogP contribution in [0.2, 0.25) is 5.02 Å². The van der Waals surface area contributed by atoms with E-state index in [1.54, 1.807) is 18.2 Å². The number of furan rings is 1. The van der Waals surface area contributed by atoms with E-state index in [2.05, 4.69) is 0 Å². The largest absolute Gasteiger partial charge is 0.495 e. The molecule has 5 rings (SSSR count). The molecular weight excluding hydrogens is 510 g/mol. The molecule has 2 amide bonds. The minimum absolute atomic E-state index is 0.00332. The third kappa shape index (κ3) is 3.94. The van der Waals surface area contributed by atoms with Gasteiger partial charge in [-0.2, -0.15) is 0 Å². The van der Waals surface area contributed by atoms with Gasteiger partial charge in [-0.25, -0.2) is 0 Å². The van der Waals surface area contributed by atoms with Gasteiger partial charge in [-0.1, -0.05) is 11.6 Å². The van der Waals surface area contributed by atoms with Gasteiger partial charge in [-0.15, -0.1) is 0 Å². The molecule has 0 spiro atoms. The highest BCUT2D eigenvalue weighted by Crippen LogP contribution is 2.42. The van der Waals surface area contributed by atoms with Gasteiger partial charge in [0, 0.05) is 22.7 Å². The van der Waals surface area contributed by atoms with Crippen molar-refractivity contribution in [3.63, 3.8) is 0 Å². The molecule has 3 heterocycles. The smallest absolute Gasteiger partial charge is 0.293 e. The van der Waals surface area contributed by atoms with Gasteiger partial charge >= 0.3 is 0 Å². The molecule has 0 bridgehead atoms. The van der Waals surface area contributed by atoms with Crippen molar-refractivity contribution in [1.82, 2.24) is 4.90 Å². The Bertz CT molecular complexity index is 1650. The van der Waals surface area contributed by atoms with Crippen LogP contribution in [0, 0.1) is 0 Å². The molecule has 9 nitrogen and oxygen atoms in total. The molecule has 0 atom stereocenters. The lowest BCUT2D eigenvalue weighted by Gasteiger charge is -2.11. The number of nitrogens with zero attached hydrogens (tertiary/aromatic N) is 1. The van der Waals surface area contributed by atoms with Crippen LogP contribution in [0.5, 0.6) is 11.5 Å². The van der Waals surface area contributed by atoms with E-state index in [9.17, 15) is 19.2 Å². The fraction of sp³-hybridized carbons (Fsp3) is 0.120. The number of rotatable bonds is 6. The summed E-state index contributed by atoms with van der Waals surface area (Å²) in [6, 6.07) is 8.95. The third-order valence-corrected chi connectivity index (χ3v) is 6.70. The highest BCUT2D eigenvalue weighted by atomic mass is 35.5. The lowest BCUT2D eigenvalue weighted by atomic mass is 10.1. The normalized spacial score (nSPS) is 14.9. The number of Topliss-reactive ketones (excluding diaryl/α,β-unsaturated/α-hetero) is 1. The van der Waals surface area contributed by atoms with Crippen molar-refractivity contribution in [2.24, 2.45) is 0 Å². The second kappa shape index (κ2) is 9.21. The molecule has 1 saturated heterocycles. The number of hydrogen-bond donors (Lipinski definition) is 0. The van der Waals surface area contributed by atoms with Crippen LogP contribution < -0.4 is 14.9 Å². The summed E-state index contributed by atoms with van der Waals surface area (Å²) in [6.07, 6.45) is 2.71. The molecule has 2 aromatic carbocycles. The minimum Gasteiger partial charge on any atom is -0.495 e. The fourth-order valence-corrected chi connectivity index (χ4v) is 4.84. The molecular formula is C25H16ClNO8S. The first-order chi connectivity index (χ1) is 17.3. The molecule has 0 aliphatic carbocycles. The van der Waals surface area contributed by atoms with Crippen LogP contribution in [0.4, 0.5) is 4.79 Å². The number of halogens is 1. The number of thioether (sulfide) groups is 1. The summed E-state index contributed by atoms with van der Waals surface area (Å²) in [4.78, 5) is 51.9. The molecule has 0 unspecified atom stereocenters. The van der Waals surface area contributed by atoms with Gasteiger partial charge in [0.15, 0.2) is 22.4 Å². The van der Waals surface area contributed by atoms with Crippen LogP contribution in [0.3, 0.4) is 0 Å². The summed E-state index contributed by atoms with van der Waals surface area (Å²) < 4.78 is 22.3. The van der Waals surface area contributed by atoms with Gasteiger partial charge in [0.25, 0.3) is 11.1 Å². The second-order valence-corrected chi connectivity index (χ2v) is 9.07. The Morgan fingerprint density at radius 2 is 1.78 bits per heavy atom. The monoisotopic (exact) mass is 525 g/mol. The van der Waals surface area contributed by atoms with E-state index < -0.39 is 28.9 Å². The standard InChI is InChI=1S/C25H16ClNO8S/c1-32-20-15-7-8-34-21(15)23(33-2)22-19(20)16(28)9-14(35-22)10-18-24(30)27(25(31)36-18)11-17(29)12-3-5-13(26)6-4-12/h3-10H,11H2,1-2H3/b18-10+. The first-order valence-electron chi connectivity index (χ1n) is 10.5. The molecule has 182 valence electrons. The predicted octanol–water partition coefficient (Wildman–Crippen LogP) is 5.13. The molecule has 0 N–H and O–H groups in total. The average Bonchev–Trinajstić information content (AvgIpc) is 3.43. The zero-order valence-corrected chi connectivity index (χ0v) is 20.4. The van der Waals surface area contributed by atoms with E-state index >= 15 is 0 Å². The summed E-state index contributed by atoms with van der Waals surface area (Å²) in [6.45, 7) is -0.438. The average molecular weight is 526 g/mol. The molecule has 36 heavy (non-hydrogen) atoms. The van der Waals surface area contributed by atoms with Crippen molar-refractivity contribution in [3.8, 4) is 11.5 Å². The van der Waals surface area contributed by atoms with Gasteiger partial charge in [0.1, 0.15) is 16.9 Å². The highest BCUT2D eigenvalue weighted by Gasteiger charge is 2.36. The number of ketones is 1. The second-order valence-electron chi connectivity index (χ2n) is 7.64. The SMILES string of the molecule is COc1c2occc2c(OC)c2c(=O)cc(/C=C3/SC(=O)N(CC(=O)c4ccc(Cl)cc4)C3=O)oc12. The Hall–Kier alpha value is -4.02. The Balaban J connectivity index is 1.52. The molecule has 2 aromatic heterocycles. The number of ether oxygens (including phenoxy) is 2. The number of carbonyl (C=O) groups excluding carboxylic acids is 3. The summed E-state index contributed by atoms with van der Waals surface area (Å²) in [5.74, 6) is -0.656. The van der Waals surface area contributed by atoms with E-state index in [4.69, 9.17) is 29.9 Å². The third-order valence-electron chi connectivity index (χ3n) is 5.54. The summed E-state index contributed by atoms with van der Waals surface area (Å²) in [7, 11) is 2.82. The van der Waals surface area contributed by atoms with Crippen LogP contribution in [0.25, 0.3) is 28.0 Å². The van der Waals surface area contributed by atoms with Crippen molar-refractivity contribution < 1.29 is 32.7 Å². The molecule has 11 heteroatoms. The van der Waals surface area contributed by atoms with Crippen LogP contribution in [-0.4, -0.2) is 42.6 Å². The number of imide groups is 1. The van der Waals surface area contributed by atoms with Gasteiger partial charge in [-0.3, -0.25) is 24.1 Å². The number of methoxy groups -OCH3 is 2. The highest BCUT2D eigenvalue weighted by molar-refractivity contribution is 8.18. The zero-order chi connectivity index (χ0) is 25.6. The Morgan fingerprint density at radius 3 is 2.47 bits per heavy atom. The van der Waals surface area contributed by atoms with Gasteiger partial charge in [0.2, 0.25) is 5.75 Å². The molecule has 0 radical (unpaired) electrons. The van der Waals surface area contributed by atoms with Crippen LogP contribution >= 0.6 is 23.4 Å². The van der Waals surface area contributed by atoms with Crippen LogP contribution in [0.1, 0.15) is 16.1 Å². The maximum absolute atomic E-state index is 13.0. The maximum atomic E-state index is 13.0. The number of hydrogen-bond acceptors (Lipinski definition) is 9. The van der Waals surface area contributed by atoms with E-state index in [0.29, 0.717) is 33.3 Å². The summed E-state index contributed by atoms with van der Waals surface area (Å²) >= 11 is 6.48. The van der Waals surface area contributed by atoms with Gasteiger partial charge in [-0.05, 0) is 42.1 Å². The molecule has 0 saturated carbocycles. The zero-order valence-electron chi connectivity index (χ0n) is 18.8. The maximum Gasteiger partial charge on any atom is 0.293 e. The quantitative estimate of drug-likeness (QED) is 0.249. The van der Waals surface area contributed by atoms with Crippen molar-refractivity contribution in [1.29, 1.82) is 0 Å². The predicted molar refractivity (Wildman–Crippen MR) is 134 cm³/mol. The van der Waals surface area contributed by atoms with Gasteiger partial charge in [0.05, 0.1) is 37.3 Å². The number of amides is 2. The number of carbonyl (C=O) groups is 3. The van der Waals surface area contributed by atoms with E-state index in [-0.39, 0.29) is 33.1 Å². The molecule has 1 aliphatic rings. The van der Waals surface area contributed by atoms with Crippen molar-refractivity contribution in [3.05, 3.63) is 74.1 Å². The van der Waals surface area contributed by atoms with Gasteiger partial charge < -0.3 is 18.3 Å².